The highest BCUT2D eigenvalue weighted by molar-refractivity contribution is 6.03. The Bertz CT molecular complexity index is 1540. The standard InChI is InChI=1S/C31H39N9O2/c1-21-27(15-23(18-33-21)30(41)34-29-16-28(42-36-29)31(2,3)4)40-20-26(35-37-40)22-14-25(19-32-17-22)39-12-8-24(9-13-39)38-10-6-5-7-11-38/h14-20,24H,5-13H2,1-4H3,(H,34,36,41). The second-order valence-corrected chi connectivity index (χ2v) is 12.4. The third kappa shape index (κ3) is 6.06. The SMILES string of the molecule is Cc1ncc(C(=O)Nc2cc(C(C)(C)C)on2)cc1-n1cc(-c2cncc(N3CCC(N4CCCCC4)CC3)c2)nn1. The number of nitrogens with one attached hydrogen (secondary N) is 1. The Morgan fingerprint density at radius 2 is 1.79 bits per heavy atom. The number of carbonyl (C=O) groups excluding carboxylic acids is 1. The summed E-state index contributed by atoms with van der Waals surface area (Å²) in [6.07, 6.45) is 13.6. The summed E-state index contributed by atoms with van der Waals surface area (Å²) in [6.45, 7) is 12.5. The number of carbonyl (C=O) groups is 1. The monoisotopic (exact) mass is 569 g/mol. The van der Waals surface area contributed by atoms with Gasteiger partial charge in [-0.05, 0) is 57.8 Å². The highest BCUT2D eigenvalue weighted by Gasteiger charge is 2.26. The maximum absolute atomic E-state index is 13.0. The maximum atomic E-state index is 13.0. The van der Waals surface area contributed by atoms with Gasteiger partial charge in [0.1, 0.15) is 11.5 Å². The number of aryl methyl sites for hydroxylation is 1. The number of hydrogen-bond donors (Lipinski definition) is 1. The molecule has 2 aliphatic heterocycles. The fourth-order valence-corrected chi connectivity index (χ4v) is 5.78. The fourth-order valence-electron chi connectivity index (χ4n) is 5.78. The van der Waals surface area contributed by atoms with Crippen molar-refractivity contribution in [2.75, 3.05) is 36.4 Å². The number of anilines is 2. The second-order valence-electron chi connectivity index (χ2n) is 12.4. The smallest absolute Gasteiger partial charge is 0.258 e. The van der Waals surface area contributed by atoms with Crippen molar-refractivity contribution in [2.24, 2.45) is 0 Å². The molecular weight excluding hydrogens is 530 g/mol. The number of rotatable bonds is 6. The van der Waals surface area contributed by atoms with Gasteiger partial charge >= 0.3 is 0 Å². The molecule has 0 aromatic carbocycles. The predicted octanol–water partition coefficient (Wildman–Crippen LogP) is 5.03. The van der Waals surface area contributed by atoms with Gasteiger partial charge in [-0.2, -0.15) is 0 Å². The molecule has 0 radical (unpaired) electrons. The van der Waals surface area contributed by atoms with Crippen LogP contribution in [0.3, 0.4) is 0 Å². The molecule has 11 nitrogen and oxygen atoms in total. The van der Waals surface area contributed by atoms with Crippen LogP contribution in [0.1, 0.15) is 74.7 Å². The number of amides is 1. The molecule has 11 heteroatoms. The summed E-state index contributed by atoms with van der Waals surface area (Å²) in [5, 5.41) is 15.6. The van der Waals surface area contributed by atoms with E-state index in [0.29, 0.717) is 34.6 Å². The van der Waals surface area contributed by atoms with Crippen molar-refractivity contribution in [1.29, 1.82) is 0 Å². The molecule has 6 heterocycles. The highest BCUT2D eigenvalue weighted by atomic mass is 16.5. The Kier molecular flexibility index (Phi) is 7.76. The van der Waals surface area contributed by atoms with Crippen LogP contribution in [0.15, 0.2) is 47.5 Å². The van der Waals surface area contributed by atoms with Crippen molar-refractivity contribution in [3.63, 3.8) is 0 Å². The summed E-state index contributed by atoms with van der Waals surface area (Å²) in [5.41, 5.74) is 4.28. The lowest BCUT2D eigenvalue weighted by atomic mass is 9.93. The third-order valence-corrected chi connectivity index (χ3v) is 8.31. The van der Waals surface area contributed by atoms with E-state index in [-0.39, 0.29) is 11.3 Å². The molecule has 0 atom stereocenters. The number of likely N-dealkylation sites (tertiary alicyclic amines) is 1. The van der Waals surface area contributed by atoms with Gasteiger partial charge in [0, 0.05) is 48.6 Å². The van der Waals surface area contributed by atoms with Crippen LogP contribution in [0.25, 0.3) is 16.9 Å². The normalized spacial score (nSPS) is 17.0. The predicted molar refractivity (Wildman–Crippen MR) is 161 cm³/mol. The Labute approximate surface area is 246 Å². The van der Waals surface area contributed by atoms with Crippen LogP contribution in [0.2, 0.25) is 0 Å². The minimum atomic E-state index is -0.334. The van der Waals surface area contributed by atoms with Crippen LogP contribution >= 0.6 is 0 Å². The summed E-state index contributed by atoms with van der Waals surface area (Å²) in [7, 11) is 0. The van der Waals surface area contributed by atoms with E-state index in [4.69, 9.17) is 4.52 Å². The first-order valence-corrected chi connectivity index (χ1v) is 14.9. The molecule has 1 N–H and O–H groups in total. The van der Waals surface area contributed by atoms with Crippen LogP contribution < -0.4 is 10.2 Å². The number of hydrogen-bond acceptors (Lipinski definition) is 9. The van der Waals surface area contributed by atoms with Gasteiger partial charge in [-0.25, -0.2) is 4.68 Å². The third-order valence-electron chi connectivity index (χ3n) is 8.31. The van der Waals surface area contributed by atoms with E-state index < -0.39 is 0 Å². The zero-order chi connectivity index (χ0) is 29.3. The zero-order valence-corrected chi connectivity index (χ0v) is 24.9. The quantitative estimate of drug-likeness (QED) is 0.341. The van der Waals surface area contributed by atoms with Gasteiger partial charge in [-0.3, -0.25) is 14.8 Å². The minimum Gasteiger partial charge on any atom is -0.370 e. The van der Waals surface area contributed by atoms with Gasteiger partial charge in [0.15, 0.2) is 5.82 Å². The average molecular weight is 570 g/mol. The van der Waals surface area contributed by atoms with E-state index in [0.717, 1.165) is 30.0 Å². The van der Waals surface area contributed by atoms with E-state index in [9.17, 15) is 4.79 Å². The summed E-state index contributed by atoms with van der Waals surface area (Å²) >= 11 is 0. The molecule has 0 unspecified atom stereocenters. The summed E-state index contributed by atoms with van der Waals surface area (Å²) in [6, 6.07) is 6.33. The van der Waals surface area contributed by atoms with Crippen LogP contribution in [-0.2, 0) is 5.41 Å². The lowest BCUT2D eigenvalue weighted by molar-refractivity contribution is 0.102. The van der Waals surface area contributed by atoms with Crippen LogP contribution in [0.4, 0.5) is 11.5 Å². The minimum absolute atomic E-state index is 0.210. The zero-order valence-electron chi connectivity index (χ0n) is 24.9. The van der Waals surface area contributed by atoms with Gasteiger partial charge < -0.3 is 19.6 Å². The van der Waals surface area contributed by atoms with Crippen LogP contribution in [-0.4, -0.2) is 73.1 Å². The summed E-state index contributed by atoms with van der Waals surface area (Å²) in [5.74, 6) is 0.716. The van der Waals surface area contributed by atoms with Crippen molar-refractivity contribution in [3.8, 4) is 16.9 Å². The van der Waals surface area contributed by atoms with E-state index in [2.05, 4.69) is 46.6 Å². The molecule has 6 rings (SSSR count). The molecule has 0 saturated carbocycles. The van der Waals surface area contributed by atoms with Gasteiger partial charge in [-0.1, -0.05) is 37.6 Å². The largest absolute Gasteiger partial charge is 0.370 e. The molecule has 4 aromatic rings. The lowest BCUT2D eigenvalue weighted by Gasteiger charge is -2.40. The number of nitrogens with zero attached hydrogens (tertiary/aromatic N) is 8. The molecule has 0 aliphatic carbocycles. The van der Waals surface area contributed by atoms with Gasteiger partial charge in [0.2, 0.25) is 0 Å². The first-order chi connectivity index (χ1) is 20.2. The molecule has 0 bridgehead atoms. The molecule has 0 spiro atoms. The van der Waals surface area contributed by atoms with Crippen LogP contribution in [0.5, 0.6) is 0 Å². The van der Waals surface area contributed by atoms with E-state index in [1.165, 1.54) is 45.2 Å². The van der Waals surface area contributed by atoms with Crippen molar-refractivity contribution in [2.45, 2.75) is 71.3 Å². The van der Waals surface area contributed by atoms with E-state index in [1.54, 1.807) is 23.0 Å². The van der Waals surface area contributed by atoms with E-state index in [1.807, 2.05) is 46.3 Å². The molecule has 220 valence electrons. The van der Waals surface area contributed by atoms with Gasteiger partial charge in [0.25, 0.3) is 5.91 Å². The number of piperidine rings is 2. The first kappa shape index (κ1) is 28.0. The molecule has 2 aliphatic rings. The Balaban J connectivity index is 1.15. The first-order valence-electron chi connectivity index (χ1n) is 14.9. The van der Waals surface area contributed by atoms with Crippen molar-refractivity contribution in [3.05, 3.63) is 60.0 Å². The second kappa shape index (κ2) is 11.6. The Hall–Kier alpha value is -4.12. The van der Waals surface area contributed by atoms with Gasteiger partial charge in [0.05, 0.1) is 35.0 Å². The molecule has 1 amide bonds. The van der Waals surface area contributed by atoms with Crippen molar-refractivity contribution < 1.29 is 9.32 Å². The highest BCUT2D eigenvalue weighted by Crippen LogP contribution is 2.28. The molecule has 42 heavy (non-hydrogen) atoms. The molecule has 4 aromatic heterocycles. The summed E-state index contributed by atoms with van der Waals surface area (Å²) < 4.78 is 7.04. The van der Waals surface area contributed by atoms with Gasteiger partial charge in [-0.15, -0.1) is 5.10 Å². The number of pyridine rings is 2. The topological polar surface area (TPSA) is 118 Å². The van der Waals surface area contributed by atoms with Crippen molar-refractivity contribution in [1.82, 2.24) is 35.0 Å². The van der Waals surface area contributed by atoms with Crippen LogP contribution in [0, 0.1) is 6.92 Å². The number of aromatic nitrogens is 6. The fraction of sp³-hybridized carbons (Fsp3) is 0.484. The average Bonchev–Trinajstić information content (AvgIpc) is 3.69. The molecular formula is C31H39N9O2. The van der Waals surface area contributed by atoms with Crippen molar-refractivity contribution >= 4 is 17.4 Å². The Morgan fingerprint density at radius 3 is 2.52 bits per heavy atom. The summed E-state index contributed by atoms with van der Waals surface area (Å²) in [4.78, 5) is 27.1. The Morgan fingerprint density at radius 1 is 1.00 bits per heavy atom. The maximum Gasteiger partial charge on any atom is 0.258 e. The van der Waals surface area contributed by atoms with E-state index >= 15 is 0 Å². The molecule has 2 saturated heterocycles. The molecule has 2 fully saturated rings. The lowest BCUT2D eigenvalue weighted by Crippen LogP contribution is -2.46.